The molecule has 5 heteroatoms. The number of nitrogens with two attached hydrogens (primary N) is 1. The molecular formula is C14H23N3O2. The molecule has 0 heterocycles. The first-order valence-corrected chi connectivity index (χ1v) is 6.48. The Hall–Kier alpha value is -1.75. The summed E-state index contributed by atoms with van der Waals surface area (Å²) in [6.07, 6.45) is 0.887. The van der Waals surface area contributed by atoms with Gasteiger partial charge in [0.25, 0.3) is 5.91 Å². The Kier molecular flexibility index (Phi) is 5.63. The van der Waals surface area contributed by atoms with E-state index in [0.717, 1.165) is 13.0 Å². The second kappa shape index (κ2) is 6.99. The fourth-order valence-electron chi connectivity index (χ4n) is 1.81. The summed E-state index contributed by atoms with van der Waals surface area (Å²) in [5.41, 5.74) is 6.58. The van der Waals surface area contributed by atoms with Crippen LogP contribution in [0.5, 0.6) is 5.75 Å². The predicted octanol–water partition coefficient (Wildman–Crippen LogP) is 1.39. The first-order valence-electron chi connectivity index (χ1n) is 6.48. The molecule has 0 aliphatic rings. The van der Waals surface area contributed by atoms with Crippen molar-refractivity contribution in [3.63, 3.8) is 0 Å². The lowest BCUT2D eigenvalue weighted by Crippen LogP contribution is -2.37. The van der Waals surface area contributed by atoms with E-state index in [4.69, 9.17) is 5.73 Å². The zero-order valence-corrected chi connectivity index (χ0v) is 11.9. The van der Waals surface area contributed by atoms with Crippen molar-refractivity contribution < 1.29 is 9.90 Å². The molecule has 0 aliphatic heterocycles. The maximum Gasteiger partial charge on any atom is 0.256 e. The normalized spacial score (nSPS) is 10.7. The zero-order valence-electron chi connectivity index (χ0n) is 11.9. The molecule has 0 unspecified atom stereocenters. The summed E-state index contributed by atoms with van der Waals surface area (Å²) < 4.78 is 0. The Morgan fingerprint density at radius 1 is 1.26 bits per heavy atom. The van der Waals surface area contributed by atoms with Gasteiger partial charge >= 0.3 is 0 Å². The van der Waals surface area contributed by atoms with Gasteiger partial charge in [0.2, 0.25) is 0 Å². The third-order valence-electron chi connectivity index (χ3n) is 2.87. The largest absolute Gasteiger partial charge is 0.508 e. The van der Waals surface area contributed by atoms with E-state index in [0.29, 0.717) is 24.3 Å². The molecule has 0 aromatic heterocycles. The molecule has 0 aliphatic carbocycles. The topological polar surface area (TPSA) is 69.8 Å². The van der Waals surface area contributed by atoms with Gasteiger partial charge in [-0.2, -0.15) is 0 Å². The number of carbonyl (C=O) groups is 1. The minimum atomic E-state index is -0.128. The molecule has 0 saturated heterocycles. The maximum absolute atomic E-state index is 12.4. The Balaban J connectivity index is 2.88. The van der Waals surface area contributed by atoms with E-state index < -0.39 is 0 Å². The SMILES string of the molecule is CCCN(CCN(C)C)C(=O)c1cc(O)ccc1N. The first kappa shape index (κ1) is 15.3. The van der Waals surface area contributed by atoms with Crippen molar-refractivity contribution in [1.82, 2.24) is 9.80 Å². The van der Waals surface area contributed by atoms with Crippen molar-refractivity contribution in [2.75, 3.05) is 39.5 Å². The van der Waals surface area contributed by atoms with Gasteiger partial charge in [-0.3, -0.25) is 4.79 Å². The number of hydrogen-bond acceptors (Lipinski definition) is 4. The summed E-state index contributed by atoms with van der Waals surface area (Å²) in [5.74, 6) is -0.0706. The number of benzene rings is 1. The lowest BCUT2D eigenvalue weighted by molar-refractivity contribution is 0.0745. The number of amides is 1. The van der Waals surface area contributed by atoms with Crippen LogP contribution in [-0.4, -0.2) is 54.5 Å². The molecule has 5 nitrogen and oxygen atoms in total. The number of nitrogens with zero attached hydrogens (tertiary/aromatic N) is 2. The number of hydrogen-bond donors (Lipinski definition) is 2. The molecule has 1 amide bonds. The molecule has 0 radical (unpaired) electrons. The molecule has 1 rings (SSSR count). The van der Waals surface area contributed by atoms with E-state index in [1.807, 2.05) is 25.9 Å². The molecule has 0 saturated carbocycles. The van der Waals surface area contributed by atoms with Gasteiger partial charge in [0, 0.05) is 25.3 Å². The fourth-order valence-corrected chi connectivity index (χ4v) is 1.81. The summed E-state index contributed by atoms with van der Waals surface area (Å²) in [6.45, 7) is 4.16. The Morgan fingerprint density at radius 3 is 2.53 bits per heavy atom. The van der Waals surface area contributed by atoms with Crippen LogP contribution in [0, 0.1) is 0 Å². The summed E-state index contributed by atoms with van der Waals surface area (Å²) in [4.78, 5) is 16.2. The minimum Gasteiger partial charge on any atom is -0.508 e. The maximum atomic E-state index is 12.4. The van der Waals surface area contributed by atoms with Gasteiger partial charge in [-0.25, -0.2) is 0 Å². The molecule has 0 spiro atoms. The number of phenols is 1. The number of rotatable bonds is 6. The van der Waals surface area contributed by atoms with E-state index in [1.165, 1.54) is 12.1 Å². The van der Waals surface area contributed by atoms with Crippen molar-refractivity contribution in [3.8, 4) is 5.75 Å². The van der Waals surface area contributed by atoms with Crippen molar-refractivity contribution in [2.24, 2.45) is 0 Å². The summed E-state index contributed by atoms with van der Waals surface area (Å²) >= 11 is 0. The van der Waals surface area contributed by atoms with Crippen LogP contribution in [0.2, 0.25) is 0 Å². The second-order valence-corrected chi connectivity index (χ2v) is 4.87. The standard InChI is InChI=1S/C14H23N3O2/c1-4-7-17(9-8-16(2)3)14(19)12-10-11(18)5-6-13(12)15/h5-6,10,18H,4,7-9,15H2,1-3H3. The third-order valence-corrected chi connectivity index (χ3v) is 2.87. The number of phenolic OH excluding ortho intramolecular Hbond substituents is 1. The number of carbonyl (C=O) groups excluding carboxylic acids is 1. The second-order valence-electron chi connectivity index (χ2n) is 4.87. The molecule has 3 N–H and O–H groups in total. The fraction of sp³-hybridized carbons (Fsp3) is 0.500. The quantitative estimate of drug-likeness (QED) is 0.602. The molecular weight excluding hydrogens is 242 g/mol. The molecule has 0 atom stereocenters. The van der Waals surface area contributed by atoms with Crippen LogP contribution >= 0.6 is 0 Å². The van der Waals surface area contributed by atoms with Crippen LogP contribution in [0.3, 0.4) is 0 Å². The summed E-state index contributed by atoms with van der Waals surface area (Å²) in [7, 11) is 3.94. The molecule has 0 fully saturated rings. The highest BCUT2D eigenvalue weighted by Crippen LogP contribution is 2.20. The van der Waals surface area contributed by atoms with Crippen LogP contribution in [0.15, 0.2) is 18.2 Å². The Morgan fingerprint density at radius 2 is 1.95 bits per heavy atom. The van der Waals surface area contributed by atoms with E-state index in [9.17, 15) is 9.90 Å². The van der Waals surface area contributed by atoms with E-state index in [1.54, 1.807) is 11.0 Å². The van der Waals surface area contributed by atoms with Crippen LogP contribution < -0.4 is 5.73 Å². The third kappa shape index (κ3) is 4.44. The first-order chi connectivity index (χ1) is 8.95. The zero-order chi connectivity index (χ0) is 14.4. The molecule has 0 bridgehead atoms. The van der Waals surface area contributed by atoms with Gasteiger partial charge in [-0.1, -0.05) is 6.92 Å². The van der Waals surface area contributed by atoms with Crippen LogP contribution in [0.1, 0.15) is 23.7 Å². The van der Waals surface area contributed by atoms with Gasteiger partial charge in [0.15, 0.2) is 0 Å². The van der Waals surface area contributed by atoms with Gasteiger partial charge in [-0.15, -0.1) is 0 Å². The number of aromatic hydroxyl groups is 1. The van der Waals surface area contributed by atoms with Crippen molar-refractivity contribution >= 4 is 11.6 Å². The Labute approximate surface area is 114 Å². The van der Waals surface area contributed by atoms with E-state index in [-0.39, 0.29) is 11.7 Å². The lowest BCUT2D eigenvalue weighted by atomic mass is 10.1. The molecule has 1 aromatic carbocycles. The van der Waals surface area contributed by atoms with Crippen LogP contribution in [-0.2, 0) is 0 Å². The average Bonchev–Trinajstić information content (AvgIpc) is 2.36. The summed E-state index contributed by atoms with van der Waals surface area (Å²) in [5, 5.41) is 9.48. The highest BCUT2D eigenvalue weighted by Gasteiger charge is 2.18. The molecule has 106 valence electrons. The van der Waals surface area contributed by atoms with Gasteiger partial charge in [0.1, 0.15) is 5.75 Å². The van der Waals surface area contributed by atoms with E-state index >= 15 is 0 Å². The van der Waals surface area contributed by atoms with Gasteiger partial charge in [-0.05, 0) is 38.7 Å². The average molecular weight is 265 g/mol. The van der Waals surface area contributed by atoms with E-state index in [2.05, 4.69) is 0 Å². The molecule has 19 heavy (non-hydrogen) atoms. The highest BCUT2D eigenvalue weighted by molar-refractivity contribution is 5.99. The van der Waals surface area contributed by atoms with Crippen molar-refractivity contribution in [1.29, 1.82) is 0 Å². The Bertz CT molecular complexity index is 433. The summed E-state index contributed by atoms with van der Waals surface area (Å²) in [6, 6.07) is 4.46. The van der Waals surface area contributed by atoms with Crippen LogP contribution in [0.25, 0.3) is 0 Å². The number of anilines is 1. The van der Waals surface area contributed by atoms with Crippen molar-refractivity contribution in [2.45, 2.75) is 13.3 Å². The lowest BCUT2D eigenvalue weighted by Gasteiger charge is -2.24. The number of nitrogen functional groups attached to an aromatic ring is 1. The molecule has 1 aromatic rings. The number of likely N-dealkylation sites (N-methyl/N-ethyl adjacent to an activating group) is 1. The van der Waals surface area contributed by atoms with Crippen LogP contribution in [0.4, 0.5) is 5.69 Å². The smallest absolute Gasteiger partial charge is 0.256 e. The van der Waals surface area contributed by atoms with Crippen molar-refractivity contribution in [3.05, 3.63) is 23.8 Å². The predicted molar refractivity (Wildman–Crippen MR) is 77.3 cm³/mol. The van der Waals surface area contributed by atoms with Gasteiger partial charge in [0.05, 0.1) is 5.56 Å². The monoisotopic (exact) mass is 265 g/mol. The highest BCUT2D eigenvalue weighted by atomic mass is 16.3. The minimum absolute atomic E-state index is 0.0570. The van der Waals surface area contributed by atoms with Gasteiger partial charge < -0.3 is 20.6 Å².